The number of hydrogen-bond donors (Lipinski definition) is 1. The molecule has 0 aliphatic rings. The minimum absolute atomic E-state index is 0.107. The van der Waals surface area contributed by atoms with Crippen LogP contribution in [0.4, 0.5) is 5.69 Å². The fraction of sp³-hybridized carbons (Fsp3) is 0.0909. The minimum atomic E-state index is -0.334. The Kier molecular flexibility index (Phi) is 6.11. The van der Waals surface area contributed by atoms with E-state index in [-0.39, 0.29) is 24.1 Å². The third kappa shape index (κ3) is 4.99. The van der Waals surface area contributed by atoms with Crippen molar-refractivity contribution in [1.82, 2.24) is 19.7 Å². The summed E-state index contributed by atoms with van der Waals surface area (Å²) in [5, 5.41) is 9.97. The second-order valence-corrected chi connectivity index (χ2v) is 8.06. The standard InChI is InChI=1S/C22H18ClN5O2S/c1-27(13-20(29)25-17-7-5-6-16(23)10-17)22(30)19-14-31-21(26-19)15-11-24-28(12-15)18-8-3-2-4-9-18/h2-12,14H,13H2,1H3,(H,25,29). The van der Waals surface area contributed by atoms with Gasteiger partial charge < -0.3 is 10.2 Å². The number of anilines is 1. The molecule has 0 aliphatic carbocycles. The van der Waals surface area contributed by atoms with E-state index >= 15 is 0 Å². The Labute approximate surface area is 187 Å². The Morgan fingerprint density at radius 2 is 1.97 bits per heavy atom. The number of para-hydroxylation sites is 1. The molecule has 0 saturated carbocycles. The fourth-order valence-electron chi connectivity index (χ4n) is 2.91. The predicted molar refractivity (Wildman–Crippen MR) is 122 cm³/mol. The van der Waals surface area contributed by atoms with Crippen LogP contribution >= 0.6 is 22.9 Å². The van der Waals surface area contributed by atoms with Crippen LogP contribution in [0.1, 0.15) is 10.5 Å². The zero-order chi connectivity index (χ0) is 21.8. The molecule has 2 heterocycles. The second kappa shape index (κ2) is 9.11. The highest BCUT2D eigenvalue weighted by Crippen LogP contribution is 2.24. The first-order valence-electron chi connectivity index (χ1n) is 9.36. The van der Waals surface area contributed by atoms with Crippen molar-refractivity contribution in [2.45, 2.75) is 0 Å². The van der Waals surface area contributed by atoms with E-state index in [1.54, 1.807) is 47.6 Å². The van der Waals surface area contributed by atoms with Crippen molar-refractivity contribution in [1.29, 1.82) is 0 Å². The van der Waals surface area contributed by atoms with Crippen molar-refractivity contribution in [3.05, 3.63) is 83.1 Å². The Hall–Kier alpha value is -3.49. The van der Waals surface area contributed by atoms with Gasteiger partial charge in [0.1, 0.15) is 10.7 Å². The van der Waals surface area contributed by atoms with Crippen molar-refractivity contribution in [2.24, 2.45) is 0 Å². The number of carbonyl (C=O) groups is 2. The summed E-state index contributed by atoms with van der Waals surface area (Å²) in [6.07, 6.45) is 3.58. The lowest BCUT2D eigenvalue weighted by Crippen LogP contribution is -2.35. The average molecular weight is 452 g/mol. The van der Waals surface area contributed by atoms with Gasteiger partial charge in [0.25, 0.3) is 5.91 Å². The van der Waals surface area contributed by atoms with Crippen molar-refractivity contribution in [3.8, 4) is 16.3 Å². The number of nitrogens with zero attached hydrogens (tertiary/aromatic N) is 4. The van der Waals surface area contributed by atoms with Crippen LogP contribution in [0, 0.1) is 0 Å². The van der Waals surface area contributed by atoms with Crippen LogP contribution in [0.5, 0.6) is 0 Å². The van der Waals surface area contributed by atoms with Crippen molar-refractivity contribution >= 4 is 40.4 Å². The number of amides is 2. The highest BCUT2D eigenvalue weighted by atomic mass is 35.5. The van der Waals surface area contributed by atoms with Gasteiger partial charge in [0.2, 0.25) is 5.91 Å². The van der Waals surface area contributed by atoms with Gasteiger partial charge in [-0.15, -0.1) is 11.3 Å². The molecular weight excluding hydrogens is 434 g/mol. The Morgan fingerprint density at radius 1 is 1.16 bits per heavy atom. The SMILES string of the molecule is CN(CC(=O)Nc1cccc(Cl)c1)C(=O)c1csc(-c2cnn(-c3ccccc3)c2)n1. The number of hydrogen-bond acceptors (Lipinski definition) is 5. The molecule has 0 radical (unpaired) electrons. The van der Waals surface area contributed by atoms with E-state index in [1.807, 2.05) is 36.5 Å². The van der Waals surface area contributed by atoms with E-state index in [1.165, 1.54) is 16.2 Å². The molecule has 156 valence electrons. The molecule has 9 heteroatoms. The highest BCUT2D eigenvalue weighted by Gasteiger charge is 2.19. The summed E-state index contributed by atoms with van der Waals surface area (Å²) in [7, 11) is 1.56. The third-order valence-corrected chi connectivity index (χ3v) is 5.54. The molecule has 0 aliphatic heterocycles. The lowest BCUT2D eigenvalue weighted by Gasteiger charge is -2.15. The molecule has 7 nitrogen and oxygen atoms in total. The first-order valence-corrected chi connectivity index (χ1v) is 10.6. The van der Waals surface area contributed by atoms with Crippen LogP contribution in [-0.2, 0) is 4.79 Å². The number of halogens is 1. The average Bonchev–Trinajstić information content (AvgIpc) is 3.43. The highest BCUT2D eigenvalue weighted by molar-refractivity contribution is 7.13. The maximum atomic E-state index is 12.7. The predicted octanol–water partition coefficient (Wildman–Crippen LogP) is 4.36. The lowest BCUT2D eigenvalue weighted by molar-refractivity contribution is -0.116. The number of thiazole rings is 1. The van der Waals surface area contributed by atoms with Crippen molar-refractivity contribution in [3.63, 3.8) is 0 Å². The Bertz CT molecular complexity index is 1220. The molecule has 0 spiro atoms. The van der Waals surface area contributed by atoms with E-state index in [0.29, 0.717) is 15.7 Å². The van der Waals surface area contributed by atoms with Gasteiger partial charge in [-0.1, -0.05) is 35.9 Å². The van der Waals surface area contributed by atoms with Gasteiger partial charge in [0.15, 0.2) is 0 Å². The summed E-state index contributed by atoms with van der Waals surface area (Å²) >= 11 is 7.28. The zero-order valence-corrected chi connectivity index (χ0v) is 18.1. The van der Waals surface area contributed by atoms with E-state index in [0.717, 1.165) is 11.3 Å². The number of aromatic nitrogens is 3. The topological polar surface area (TPSA) is 80.1 Å². The molecule has 0 unspecified atom stereocenters. The summed E-state index contributed by atoms with van der Waals surface area (Å²) in [5.41, 5.74) is 2.61. The summed E-state index contributed by atoms with van der Waals surface area (Å²) in [6.45, 7) is -0.107. The molecule has 4 rings (SSSR count). The number of carbonyl (C=O) groups excluding carboxylic acids is 2. The largest absolute Gasteiger partial charge is 0.331 e. The molecule has 2 amide bonds. The summed E-state index contributed by atoms with van der Waals surface area (Å²) < 4.78 is 1.75. The van der Waals surface area contributed by atoms with E-state index in [4.69, 9.17) is 11.6 Å². The number of rotatable bonds is 6. The first kappa shape index (κ1) is 20.8. The van der Waals surface area contributed by atoms with Crippen LogP contribution in [0.2, 0.25) is 5.02 Å². The molecule has 2 aromatic carbocycles. The van der Waals surface area contributed by atoms with Gasteiger partial charge in [0, 0.05) is 34.9 Å². The molecule has 2 aromatic heterocycles. The normalized spacial score (nSPS) is 10.6. The zero-order valence-electron chi connectivity index (χ0n) is 16.5. The van der Waals surface area contributed by atoms with Gasteiger partial charge >= 0.3 is 0 Å². The van der Waals surface area contributed by atoms with Gasteiger partial charge in [-0.3, -0.25) is 9.59 Å². The first-order chi connectivity index (χ1) is 15.0. The smallest absolute Gasteiger partial charge is 0.273 e. The maximum absolute atomic E-state index is 12.7. The number of likely N-dealkylation sites (N-methyl/N-ethyl adjacent to an activating group) is 1. The third-order valence-electron chi connectivity index (χ3n) is 4.41. The van der Waals surface area contributed by atoms with Gasteiger partial charge in [0.05, 0.1) is 18.4 Å². The lowest BCUT2D eigenvalue weighted by atomic mass is 10.3. The number of benzene rings is 2. The van der Waals surface area contributed by atoms with Crippen LogP contribution in [0.3, 0.4) is 0 Å². The fourth-order valence-corrected chi connectivity index (χ4v) is 3.87. The van der Waals surface area contributed by atoms with Crippen LogP contribution in [-0.4, -0.2) is 45.1 Å². The molecular formula is C22H18ClN5O2S. The van der Waals surface area contributed by atoms with Gasteiger partial charge in [-0.05, 0) is 30.3 Å². The van der Waals surface area contributed by atoms with Gasteiger partial charge in [-0.25, -0.2) is 9.67 Å². The van der Waals surface area contributed by atoms with Crippen molar-refractivity contribution in [2.75, 3.05) is 18.9 Å². The molecule has 0 saturated heterocycles. The number of nitrogens with one attached hydrogen (secondary N) is 1. The second-order valence-electron chi connectivity index (χ2n) is 6.77. The quantitative estimate of drug-likeness (QED) is 0.472. The molecule has 1 N–H and O–H groups in total. The Morgan fingerprint density at radius 3 is 2.74 bits per heavy atom. The molecule has 4 aromatic rings. The van der Waals surface area contributed by atoms with E-state index in [2.05, 4.69) is 15.4 Å². The molecule has 0 bridgehead atoms. The Balaban J connectivity index is 1.41. The van der Waals surface area contributed by atoms with Crippen LogP contribution in [0.15, 0.2) is 72.4 Å². The minimum Gasteiger partial charge on any atom is -0.331 e. The van der Waals surface area contributed by atoms with E-state index in [9.17, 15) is 9.59 Å². The molecule has 0 atom stereocenters. The van der Waals surface area contributed by atoms with Crippen LogP contribution in [0.25, 0.3) is 16.3 Å². The van der Waals surface area contributed by atoms with E-state index < -0.39 is 0 Å². The maximum Gasteiger partial charge on any atom is 0.273 e. The summed E-state index contributed by atoms with van der Waals surface area (Å²) in [4.78, 5) is 30.7. The molecule has 0 fully saturated rings. The van der Waals surface area contributed by atoms with Gasteiger partial charge in [-0.2, -0.15) is 5.10 Å². The molecule has 31 heavy (non-hydrogen) atoms. The van der Waals surface area contributed by atoms with Crippen molar-refractivity contribution < 1.29 is 9.59 Å². The monoisotopic (exact) mass is 451 g/mol. The summed E-state index contributed by atoms with van der Waals surface area (Å²) in [5.74, 6) is -0.656. The summed E-state index contributed by atoms with van der Waals surface area (Å²) in [6, 6.07) is 16.6. The van der Waals surface area contributed by atoms with Crippen LogP contribution < -0.4 is 5.32 Å².